The number of carbonyl (C=O) groups is 1. The van der Waals surface area contributed by atoms with Gasteiger partial charge in [-0.2, -0.15) is 18.3 Å². The Morgan fingerprint density at radius 2 is 1.82 bits per heavy atom. The number of nitrogens with two attached hydrogens (primary N) is 1. The maximum absolute atomic E-state index is 13.0. The van der Waals surface area contributed by atoms with Crippen LogP contribution in [0.2, 0.25) is 5.02 Å². The fraction of sp³-hybridized carbons (Fsp3) is 0.0526. The maximum atomic E-state index is 13.0. The van der Waals surface area contributed by atoms with Gasteiger partial charge in [-0.15, -0.1) is 0 Å². The Labute approximate surface area is 162 Å². The molecule has 0 aliphatic rings. The van der Waals surface area contributed by atoms with Crippen molar-refractivity contribution >= 4 is 29.4 Å². The fourth-order valence-corrected chi connectivity index (χ4v) is 2.55. The predicted octanol–water partition coefficient (Wildman–Crippen LogP) is 4.96. The summed E-state index contributed by atoms with van der Waals surface area (Å²) in [6.45, 7) is 0. The van der Waals surface area contributed by atoms with E-state index in [1.165, 1.54) is 24.4 Å². The maximum Gasteiger partial charge on any atom is 0.417 e. The van der Waals surface area contributed by atoms with Crippen molar-refractivity contribution in [3.05, 3.63) is 76.5 Å². The van der Waals surface area contributed by atoms with E-state index in [0.717, 1.165) is 12.1 Å². The second kappa shape index (κ2) is 7.77. The number of halogens is 4. The molecule has 144 valence electrons. The highest BCUT2D eigenvalue weighted by molar-refractivity contribution is 6.31. The molecule has 3 N–H and O–H groups in total. The molecule has 1 amide bonds. The number of furan rings is 1. The second-order valence-electron chi connectivity index (χ2n) is 5.72. The monoisotopic (exact) mass is 407 g/mol. The zero-order valence-corrected chi connectivity index (χ0v) is 14.9. The number of hydrazone groups is 1. The Kier molecular flexibility index (Phi) is 5.41. The average molecular weight is 408 g/mol. The van der Waals surface area contributed by atoms with Gasteiger partial charge in [0.05, 0.1) is 16.8 Å². The van der Waals surface area contributed by atoms with E-state index in [9.17, 15) is 18.0 Å². The first-order valence-corrected chi connectivity index (χ1v) is 8.28. The van der Waals surface area contributed by atoms with Crippen LogP contribution in [0.5, 0.6) is 0 Å². The highest BCUT2D eigenvalue weighted by Crippen LogP contribution is 2.37. The van der Waals surface area contributed by atoms with Crippen molar-refractivity contribution in [2.45, 2.75) is 6.18 Å². The second-order valence-corrected chi connectivity index (χ2v) is 6.12. The minimum absolute atomic E-state index is 0.202. The highest BCUT2D eigenvalue weighted by Gasteiger charge is 2.33. The largest absolute Gasteiger partial charge is 0.455 e. The van der Waals surface area contributed by atoms with Gasteiger partial charge in [0.2, 0.25) is 0 Å². The van der Waals surface area contributed by atoms with E-state index in [-0.39, 0.29) is 17.1 Å². The van der Waals surface area contributed by atoms with Crippen LogP contribution in [0.25, 0.3) is 11.3 Å². The minimum Gasteiger partial charge on any atom is -0.455 e. The molecule has 0 atom stereocenters. The molecule has 0 aliphatic heterocycles. The highest BCUT2D eigenvalue weighted by atomic mass is 35.5. The van der Waals surface area contributed by atoms with Gasteiger partial charge in [-0.25, -0.2) is 5.43 Å². The van der Waals surface area contributed by atoms with Crippen LogP contribution in [-0.4, -0.2) is 12.1 Å². The summed E-state index contributed by atoms with van der Waals surface area (Å²) in [6, 6.07) is 12.7. The van der Waals surface area contributed by atoms with E-state index in [0.29, 0.717) is 11.3 Å². The third kappa shape index (κ3) is 4.52. The smallest absolute Gasteiger partial charge is 0.417 e. The fourth-order valence-electron chi connectivity index (χ4n) is 2.33. The number of amides is 1. The van der Waals surface area contributed by atoms with E-state index >= 15 is 0 Å². The van der Waals surface area contributed by atoms with Gasteiger partial charge in [-0.1, -0.05) is 11.6 Å². The Morgan fingerprint density at radius 3 is 2.50 bits per heavy atom. The van der Waals surface area contributed by atoms with Gasteiger partial charge < -0.3 is 10.2 Å². The summed E-state index contributed by atoms with van der Waals surface area (Å²) in [5, 5.41) is 3.37. The van der Waals surface area contributed by atoms with Gasteiger partial charge in [-0.3, -0.25) is 4.79 Å². The van der Waals surface area contributed by atoms with E-state index in [2.05, 4.69) is 10.5 Å². The summed E-state index contributed by atoms with van der Waals surface area (Å²) in [4.78, 5) is 11.9. The van der Waals surface area contributed by atoms with Gasteiger partial charge in [0.15, 0.2) is 0 Å². The first-order chi connectivity index (χ1) is 13.2. The van der Waals surface area contributed by atoms with Gasteiger partial charge in [0.25, 0.3) is 5.91 Å². The first kappa shape index (κ1) is 19.5. The Morgan fingerprint density at radius 1 is 1.11 bits per heavy atom. The molecule has 28 heavy (non-hydrogen) atoms. The van der Waals surface area contributed by atoms with Crippen LogP contribution in [0.4, 0.5) is 18.9 Å². The number of rotatable bonds is 4. The van der Waals surface area contributed by atoms with Gasteiger partial charge in [0.1, 0.15) is 11.5 Å². The number of nitrogens with zero attached hydrogens (tertiary/aromatic N) is 1. The molecule has 2 aromatic carbocycles. The molecule has 1 aromatic heterocycles. The topological polar surface area (TPSA) is 80.6 Å². The van der Waals surface area contributed by atoms with Crippen LogP contribution < -0.4 is 11.2 Å². The van der Waals surface area contributed by atoms with Crippen molar-refractivity contribution in [3.8, 4) is 11.3 Å². The van der Waals surface area contributed by atoms with E-state index < -0.39 is 22.7 Å². The Bertz CT molecular complexity index is 1030. The quantitative estimate of drug-likeness (QED) is 0.364. The molecule has 0 saturated carbocycles. The number of hydrogen-bond donors (Lipinski definition) is 2. The zero-order valence-electron chi connectivity index (χ0n) is 14.1. The number of hydrogen-bond acceptors (Lipinski definition) is 4. The van der Waals surface area contributed by atoms with Crippen LogP contribution in [0, 0.1) is 0 Å². The van der Waals surface area contributed by atoms with Gasteiger partial charge >= 0.3 is 6.18 Å². The molecule has 3 rings (SSSR count). The number of anilines is 1. The molecule has 9 heteroatoms. The predicted molar refractivity (Wildman–Crippen MR) is 100 cm³/mol. The third-order valence-corrected chi connectivity index (χ3v) is 4.04. The molecule has 0 spiro atoms. The summed E-state index contributed by atoms with van der Waals surface area (Å²) in [5.41, 5.74) is 8.02. The molecule has 0 aliphatic carbocycles. The van der Waals surface area contributed by atoms with E-state index in [4.69, 9.17) is 21.8 Å². The first-order valence-electron chi connectivity index (χ1n) is 7.90. The number of benzene rings is 2. The lowest BCUT2D eigenvalue weighted by atomic mass is 10.1. The SMILES string of the molecule is Nc1ccc(C(=O)N/N=C\c2ccc(-c3ccc(Cl)c(C(F)(F)F)c3)o2)cc1. The van der Waals surface area contributed by atoms with Crippen molar-refractivity contribution in [1.82, 2.24) is 5.43 Å². The molecule has 0 unspecified atom stereocenters. The van der Waals surface area contributed by atoms with Crippen LogP contribution in [-0.2, 0) is 6.18 Å². The number of alkyl halides is 3. The van der Waals surface area contributed by atoms with Crippen LogP contribution in [0.3, 0.4) is 0 Å². The molecule has 0 saturated heterocycles. The molecular weight excluding hydrogens is 395 g/mol. The van der Waals surface area contributed by atoms with Crippen molar-refractivity contribution in [3.63, 3.8) is 0 Å². The lowest BCUT2D eigenvalue weighted by Gasteiger charge is -2.09. The van der Waals surface area contributed by atoms with Crippen molar-refractivity contribution in [1.29, 1.82) is 0 Å². The molecule has 5 nitrogen and oxygen atoms in total. The van der Waals surface area contributed by atoms with Crippen molar-refractivity contribution in [2.24, 2.45) is 5.10 Å². The van der Waals surface area contributed by atoms with Crippen LogP contribution in [0.15, 0.2) is 64.1 Å². The van der Waals surface area contributed by atoms with Gasteiger partial charge in [0, 0.05) is 16.8 Å². The molecular formula is C19H13ClF3N3O2. The number of nitrogens with one attached hydrogen (secondary N) is 1. The molecule has 0 radical (unpaired) electrons. The molecule has 0 fully saturated rings. The number of carbonyl (C=O) groups excluding carboxylic acids is 1. The number of nitrogen functional groups attached to an aromatic ring is 1. The minimum atomic E-state index is -4.57. The summed E-state index contributed by atoms with van der Waals surface area (Å²) in [5.74, 6) is 0.000132. The van der Waals surface area contributed by atoms with E-state index in [1.807, 2.05) is 0 Å². The third-order valence-electron chi connectivity index (χ3n) is 3.71. The Hall–Kier alpha value is -3.26. The van der Waals surface area contributed by atoms with Crippen molar-refractivity contribution in [2.75, 3.05) is 5.73 Å². The lowest BCUT2D eigenvalue weighted by molar-refractivity contribution is -0.137. The molecule has 3 aromatic rings. The van der Waals surface area contributed by atoms with Crippen molar-refractivity contribution < 1.29 is 22.4 Å². The molecule has 0 bridgehead atoms. The molecule has 1 heterocycles. The summed E-state index contributed by atoms with van der Waals surface area (Å²) >= 11 is 5.61. The van der Waals surface area contributed by atoms with Crippen LogP contribution >= 0.6 is 11.6 Å². The van der Waals surface area contributed by atoms with Gasteiger partial charge in [-0.05, 0) is 54.6 Å². The average Bonchev–Trinajstić information content (AvgIpc) is 3.10. The van der Waals surface area contributed by atoms with E-state index in [1.54, 1.807) is 24.3 Å². The standard InChI is InChI=1S/C19H13ClF3N3O2/c20-16-7-3-12(9-15(16)19(21,22)23)17-8-6-14(28-17)10-25-26-18(27)11-1-4-13(24)5-2-11/h1-10H,24H2,(H,26,27)/b25-10-. The van der Waals surface area contributed by atoms with Crippen LogP contribution in [0.1, 0.15) is 21.7 Å². The summed E-state index contributed by atoms with van der Waals surface area (Å²) in [7, 11) is 0. The summed E-state index contributed by atoms with van der Waals surface area (Å²) in [6.07, 6.45) is -3.34. The Balaban J connectivity index is 1.71. The normalized spacial score (nSPS) is 11.7. The lowest BCUT2D eigenvalue weighted by Crippen LogP contribution is -2.17. The zero-order chi connectivity index (χ0) is 20.3. The summed E-state index contributed by atoms with van der Waals surface area (Å²) < 4.78 is 44.4.